The minimum absolute atomic E-state index is 0.277. The molecule has 150 valence electrons. The van der Waals surface area contributed by atoms with Crippen molar-refractivity contribution in [3.05, 3.63) is 70.4 Å². The lowest BCUT2D eigenvalue weighted by Crippen LogP contribution is -2.30. The van der Waals surface area contributed by atoms with Gasteiger partial charge in [-0.1, -0.05) is 29.8 Å². The molecule has 1 saturated heterocycles. The predicted octanol–water partition coefficient (Wildman–Crippen LogP) is 6.46. The number of nitrogens with zero attached hydrogens (tertiary/aromatic N) is 1. The molecule has 0 atom stereocenters. The van der Waals surface area contributed by atoms with Crippen LogP contribution in [0.1, 0.15) is 40.9 Å². The van der Waals surface area contributed by atoms with Crippen molar-refractivity contribution >= 4 is 28.9 Å². The lowest BCUT2D eigenvalue weighted by molar-refractivity contribution is 0.0997. The molecule has 3 aromatic rings. The van der Waals surface area contributed by atoms with Gasteiger partial charge in [-0.25, -0.2) is 0 Å². The standard InChI is InChI=1S/C24H25ClN2O2/c1-16-9-10-18(15-17(16)2)21-11-12-22(29-21)24(28)26-20-8-6-7-19(25)23(20)27-13-4-3-5-14-27/h6-12,15H,3-5,13-14H2,1-2H3,(H,26,28). The minimum atomic E-state index is -0.277. The first-order valence-corrected chi connectivity index (χ1v) is 10.4. The van der Waals surface area contributed by atoms with Crippen LogP contribution in [0, 0.1) is 13.8 Å². The molecule has 1 aliphatic heterocycles. The highest BCUT2D eigenvalue weighted by atomic mass is 35.5. The van der Waals surface area contributed by atoms with E-state index in [0.29, 0.717) is 16.5 Å². The molecule has 0 bridgehead atoms. The molecule has 0 unspecified atom stereocenters. The molecule has 29 heavy (non-hydrogen) atoms. The number of furan rings is 1. The summed E-state index contributed by atoms with van der Waals surface area (Å²) >= 11 is 6.49. The fourth-order valence-electron chi connectivity index (χ4n) is 3.75. The zero-order valence-corrected chi connectivity index (χ0v) is 17.6. The Labute approximate surface area is 176 Å². The van der Waals surface area contributed by atoms with Gasteiger partial charge >= 0.3 is 0 Å². The molecule has 5 heteroatoms. The Kier molecular flexibility index (Phi) is 5.63. The SMILES string of the molecule is Cc1ccc(-c2ccc(C(=O)Nc3cccc(Cl)c3N3CCCCC3)o2)cc1C. The van der Waals surface area contributed by atoms with Crippen LogP contribution in [-0.4, -0.2) is 19.0 Å². The predicted molar refractivity (Wildman–Crippen MR) is 119 cm³/mol. The number of para-hydroxylation sites is 1. The van der Waals surface area contributed by atoms with Gasteiger partial charge in [0.05, 0.1) is 16.4 Å². The van der Waals surface area contributed by atoms with Crippen LogP contribution in [0.25, 0.3) is 11.3 Å². The Bertz CT molecular complexity index is 1040. The van der Waals surface area contributed by atoms with Crippen molar-refractivity contribution in [2.75, 3.05) is 23.3 Å². The number of nitrogens with one attached hydrogen (secondary N) is 1. The van der Waals surface area contributed by atoms with E-state index < -0.39 is 0 Å². The summed E-state index contributed by atoms with van der Waals surface area (Å²) in [7, 11) is 0. The number of benzene rings is 2. The van der Waals surface area contributed by atoms with E-state index in [0.717, 1.165) is 37.2 Å². The van der Waals surface area contributed by atoms with Crippen LogP contribution in [0.3, 0.4) is 0 Å². The molecule has 0 aliphatic carbocycles. The van der Waals surface area contributed by atoms with Crippen LogP contribution >= 0.6 is 11.6 Å². The maximum atomic E-state index is 12.9. The number of amides is 1. The lowest BCUT2D eigenvalue weighted by Gasteiger charge is -2.31. The molecule has 0 radical (unpaired) electrons. The summed E-state index contributed by atoms with van der Waals surface area (Å²) in [6.45, 7) is 6.04. The van der Waals surface area contributed by atoms with Gasteiger partial charge in [-0.05, 0) is 74.6 Å². The molecule has 4 rings (SSSR count). The molecule has 0 spiro atoms. The Morgan fingerprint density at radius 3 is 2.55 bits per heavy atom. The largest absolute Gasteiger partial charge is 0.451 e. The zero-order chi connectivity index (χ0) is 20.4. The Hall–Kier alpha value is -2.72. The summed E-state index contributed by atoms with van der Waals surface area (Å²) in [6.07, 6.45) is 3.50. The summed E-state index contributed by atoms with van der Waals surface area (Å²) in [5.74, 6) is 0.684. The first kappa shape index (κ1) is 19.6. The van der Waals surface area contributed by atoms with E-state index in [1.165, 1.54) is 17.5 Å². The smallest absolute Gasteiger partial charge is 0.291 e. The van der Waals surface area contributed by atoms with Gasteiger partial charge in [-0.2, -0.15) is 0 Å². The van der Waals surface area contributed by atoms with Crippen molar-refractivity contribution in [2.24, 2.45) is 0 Å². The Morgan fingerprint density at radius 1 is 1.00 bits per heavy atom. The molecular weight excluding hydrogens is 384 g/mol. The van der Waals surface area contributed by atoms with Gasteiger partial charge in [-0.15, -0.1) is 0 Å². The fourth-order valence-corrected chi connectivity index (χ4v) is 4.04. The summed E-state index contributed by atoms with van der Waals surface area (Å²) in [5, 5.41) is 3.64. The molecule has 2 aromatic carbocycles. The van der Waals surface area contributed by atoms with Crippen molar-refractivity contribution in [3.8, 4) is 11.3 Å². The second-order valence-electron chi connectivity index (χ2n) is 7.60. The number of hydrogen-bond donors (Lipinski definition) is 1. The van der Waals surface area contributed by atoms with Gasteiger partial charge in [0.1, 0.15) is 5.76 Å². The average molecular weight is 409 g/mol. The van der Waals surface area contributed by atoms with E-state index in [1.54, 1.807) is 6.07 Å². The average Bonchev–Trinajstić information content (AvgIpc) is 3.21. The third kappa shape index (κ3) is 4.18. The second kappa shape index (κ2) is 8.34. The van der Waals surface area contributed by atoms with E-state index in [2.05, 4.69) is 36.2 Å². The highest BCUT2D eigenvalue weighted by molar-refractivity contribution is 6.34. The maximum absolute atomic E-state index is 12.9. The number of anilines is 2. The molecular formula is C24H25ClN2O2. The number of carbonyl (C=O) groups is 1. The maximum Gasteiger partial charge on any atom is 0.291 e. The second-order valence-corrected chi connectivity index (χ2v) is 8.01. The third-order valence-corrected chi connectivity index (χ3v) is 5.83. The first-order valence-electron chi connectivity index (χ1n) is 10.1. The molecule has 0 saturated carbocycles. The van der Waals surface area contributed by atoms with Gasteiger partial charge in [0.25, 0.3) is 5.91 Å². The molecule has 1 amide bonds. The van der Waals surface area contributed by atoms with E-state index >= 15 is 0 Å². The van der Waals surface area contributed by atoms with Gasteiger partial charge in [0.2, 0.25) is 0 Å². The lowest BCUT2D eigenvalue weighted by atomic mass is 10.1. The highest BCUT2D eigenvalue weighted by Crippen LogP contribution is 2.36. The summed E-state index contributed by atoms with van der Waals surface area (Å²) < 4.78 is 5.86. The number of carbonyl (C=O) groups excluding carboxylic acids is 1. The molecule has 1 aromatic heterocycles. The number of rotatable bonds is 4. The number of aryl methyl sites for hydroxylation is 2. The molecule has 2 heterocycles. The van der Waals surface area contributed by atoms with Crippen LogP contribution in [0.2, 0.25) is 5.02 Å². The van der Waals surface area contributed by atoms with Crippen molar-refractivity contribution < 1.29 is 9.21 Å². The van der Waals surface area contributed by atoms with Crippen LogP contribution in [0.5, 0.6) is 0 Å². The molecule has 1 aliphatic rings. The third-order valence-electron chi connectivity index (χ3n) is 5.53. The minimum Gasteiger partial charge on any atom is -0.451 e. The quantitative estimate of drug-likeness (QED) is 0.538. The number of halogens is 1. The van der Waals surface area contributed by atoms with E-state index in [1.807, 2.05) is 30.3 Å². The van der Waals surface area contributed by atoms with Crippen molar-refractivity contribution in [1.82, 2.24) is 0 Å². The van der Waals surface area contributed by atoms with Crippen molar-refractivity contribution in [1.29, 1.82) is 0 Å². The van der Waals surface area contributed by atoms with Crippen LogP contribution in [-0.2, 0) is 0 Å². The monoisotopic (exact) mass is 408 g/mol. The van der Waals surface area contributed by atoms with Crippen LogP contribution in [0.15, 0.2) is 52.9 Å². The van der Waals surface area contributed by atoms with Crippen LogP contribution in [0.4, 0.5) is 11.4 Å². The van der Waals surface area contributed by atoms with Crippen molar-refractivity contribution in [2.45, 2.75) is 33.1 Å². The van der Waals surface area contributed by atoms with Gasteiger partial charge < -0.3 is 14.6 Å². The van der Waals surface area contributed by atoms with Crippen LogP contribution < -0.4 is 10.2 Å². The zero-order valence-electron chi connectivity index (χ0n) is 16.8. The van der Waals surface area contributed by atoms with E-state index in [9.17, 15) is 4.79 Å². The fraction of sp³-hybridized carbons (Fsp3) is 0.292. The van der Waals surface area contributed by atoms with Gasteiger partial charge in [-0.3, -0.25) is 4.79 Å². The van der Waals surface area contributed by atoms with E-state index in [4.69, 9.17) is 16.0 Å². The van der Waals surface area contributed by atoms with Crippen molar-refractivity contribution in [3.63, 3.8) is 0 Å². The van der Waals surface area contributed by atoms with Gasteiger partial charge in [0.15, 0.2) is 5.76 Å². The van der Waals surface area contributed by atoms with Gasteiger partial charge in [0, 0.05) is 18.7 Å². The molecule has 1 fully saturated rings. The molecule has 1 N–H and O–H groups in total. The summed E-state index contributed by atoms with van der Waals surface area (Å²) in [6, 6.07) is 15.3. The first-order chi connectivity index (χ1) is 14.0. The normalized spacial score (nSPS) is 14.1. The summed E-state index contributed by atoms with van der Waals surface area (Å²) in [5.41, 5.74) is 4.99. The Balaban J connectivity index is 1.57. The highest BCUT2D eigenvalue weighted by Gasteiger charge is 2.20. The number of hydrogen-bond acceptors (Lipinski definition) is 3. The van der Waals surface area contributed by atoms with E-state index in [-0.39, 0.29) is 11.7 Å². The number of piperidine rings is 1. The summed E-state index contributed by atoms with van der Waals surface area (Å²) in [4.78, 5) is 15.1. The topological polar surface area (TPSA) is 45.5 Å². The molecule has 4 nitrogen and oxygen atoms in total. The Morgan fingerprint density at radius 2 is 1.79 bits per heavy atom.